The van der Waals surface area contributed by atoms with Gasteiger partial charge in [0.15, 0.2) is 0 Å². The molecule has 1 heterocycles. The van der Waals surface area contributed by atoms with E-state index in [9.17, 15) is 9.59 Å². The molecule has 0 spiro atoms. The van der Waals surface area contributed by atoms with E-state index in [-0.39, 0.29) is 18.0 Å². The molecule has 2 rings (SSSR count). The van der Waals surface area contributed by atoms with E-state index in [1.807, 2.05) is 32.9 Å². The second-order valence-electron chi connectivity index (χ2n) is 6.16. The van der Waals surface area contributed by atoms with Crippen LogP contribution in [0.1, 0.15) is 49.2 Å². The lowest BCUT2D eigenvalue weighted by Gasteiger charge is -2.18. The van der Waals surface area contributed by atoms with Crippen molar-refractivity contribution in [3.05, 3.63) is 58.9 Å². The first-order valence-corrected chi connectivity index (χ1v) is 8.86. The average molecular weight is 375 g/mol. The van der Waals surface area contributed by atoms with E-state index in [1.165, 1.54) is 0 Å². The topological polar surface area (TPSA) is 83.1 Å². The van der Waals surface area contributed by atoms with Crippen LogP contribution in [0.15, 0.2) is 42.7 Å². The smallest absolute Gasteiger partial charge is 0.319 e. The van der Waals surface area contributed by atoms with Gasteiger partial charge in [-0.05, 0) is 56.2 Å². The quantitative estimate of drug-likeness (QED) is 0.710. The van der Waals surface area contributed by atoms with Crippen molar-refractivity contribution in [3.8, 4) is 0 Å². The first kappa shape index (κ1) is 19.7. The molecule has 7 heteroatoms. The van der Waals surface area contributed by atoms with Gasteiger partial charge in [0.05, 0.1) is 16.8 Å². The summed E-state index contributed by atoms with van der Waals surface area (Å²) >= 11 is 6.16. The van der Waals surface area contributed by atoms with Crippen LogP contribution in [-0.2, 0) is 0 Å². The third-order valence-electron chi connectivity index (χ3n) is 3.72. The molecule has 0 bridgehead atoms. The van der Waals surface area contributed by atoms with Crippen molar-refractivity contribution in [3.63, 3.8) is 0 Å². The molecule has 3 N–H and O–H groups in total. The summed E-state index contributed by atoms with van der Waals surface area (Å²) in [5, 5.41) is 8.78. The Bertz CT molecular complexity index is 765. The summed E-state index contributed by atoms with van der Waals surface area (Å²) in [5.41, 5.74) is 1.78. The Kier molecular flexibility index (Phi) is 6.97. The van der Waals surface area contributed by atoms with E-state index in [4.69, 9.17) is 11.6 Å². The Morgan fingerprint density at radius 1 is 1.12 bits per heavy atom. The fraction of sp³-hybridized carbons (Fsp3) is 0.316. The van der Waals surface area contributed by atoms with Crippen LogP contribution in [0.25, 0.3) is 0 Å². The van der Waals surface area contributed by atoms with Crippen molar-refractivity contribution in [2.45, 2.75) is 39.3 Å². The van der Waals surface area contributed by atoms with Crippen molar-refractivity contribution in [1.82, 2.24) is 15.6 Å². The van der Waals surface area contributed by atoms with E-state index >= 15 is 0 Å². The highest BCUT2D eigenvalue weighted by atomic mass is 35.5. The monoisotopic (exact) mass is 374 g/mol. The van der Waals surface area contributed by atoms with Gasteiger partial charge in [0.25, 0.3) is 5.91 Å². The third-order valence-corrected chi connectivity index (χ3v) is 4.05. The van der Waals surface area contributed by atoms with Crippen LogP contribution >= 0.6 is 11.6 Å². The minimum Gasteiger partial charge on any atom is -0.350 e. The fourth-order valence-electron chi connectivity index (χ4n) is 2.44. The molecule has 0 saturated heterocycles. The summed E-state index contributed by atoms with van der Waals surface area (Å²) in [7, 11) is 0. The number of amides is 3. The van der Waals surface area contributed by atoms with Crippen LogP contribution in [-0.4, -0.2) is 23.0 Å². The van der Waals surface area contributed by atoms with E-state index in [0.29, 0.717) is 16.3 Å². The maximum Gasteiger partial charge on any atom is 0.319 e. The van der Waals surface area contributed by atoms with Crippen molar-refractivity contribution in [2.24, 2.45) is 0 Å². The van der Waals surface area contributed by atoms with Crippen LogP contribution in [0, 0.1) is 0 Å². The molecule has 6 nitrogen and oxygen atoms in total. The number of carbonyl (C=O) groups is 2. The summed E-state index contributed by atoms with van der Waals surface area (Å²) in [5.74, 6) is -0.219. The lowest BCUT2D eigenvalue weighted by molar-refractivity contribution is 0.0943. The molecule has 0 radical (unpaired) electrons. The molecule has 1 aromatic carbocycles. The minimum atomic E-state index is -0.392. The number of benzene rings is 1. The van der Waals surface area contributed by atoms with Gasteiger partial charge in [0, 0.05) is 24.0 Å². The average Bonchev–Trinajstić information content (AvgIpc) is 2.61. The Hall–Kier alpha value is -2.60. The van der Waals surface area contributed by atoms with Crippen LogP contribution in [0.2, 0.25) is 5.02 Å². The SMILES string of the molecule is CCC(NC(=O)Nc1cc(C(=O)NC(C)C)ccc1Cl)c1ccncc1. The molecule has 0 saturated carbocycles. The first-order chi connectivity index (χ1) is 12.4. The summed E-state index contributed by atoms with van der Waals surface area (Å²) in [6.45, 7) is 5.74. The molecule has 2 aromatic rings. The number of carbonyl (C=O) groups excluding carboxylic acids is 2. The van der Waals surface area contributed by atoms with Gasteiger partial charge in [0.2, 0.25) is 0 Å². The molecule has 1 aromatic heterocycles. The number of hydrogen-bond acceptors (Lipinski definition) is 3. The fourth-order valence-corrected chi connectivity index (χ4v) is 2.61. The number of pyridine rings is 1. The summed E-state index contributed by atoms with van der Waals surface area (Å²) < 4.78 is 0. The van der Waals surface area contributed by atoms with Gasteiger partial charge in [-0.2, -0.15) is 0 Å². The number of nitrogens with one attached hydrogen (secondary N) is 3. The number of aromatic nitrogens is 1. The highest BCUT2D eigenvalue weighted by molar-refractivity contribution is 6.33. The molecule has 0 aliphatic carbocycles. The number of hydrogen-bond donors (Lipinski definition) is 3. The zero-order valence-corrected chi connectivity index (χ0v) is 15.8. The maximum atomic E-state index is 12.4. The van der Waals surface area contributed by atoms with Crippen LogP contribution < -0.4 is 16.0 Å². The molecular weight excluding hydrogens is 352 g/mol. The minimum absolute atomic E-state index is 0.0172. The molecular formula is C19H23ClN4O2. The predicted molar refractivity (Wildman–Crippen MR) is 103 cm³/mol. The molecule has 0 aliphatic heterocycles. The van der Waals surface area contributed by atoms with E-state index in [1.54, 1.807) is 30.6 Å². The lowest BCUT2D eigenvalue weighted by atomic mass is 10.1. The van der Waals surface area contributed by atoms with Crippen LogP contribution in [0.3, 0.4) is 0 Å². The van der Waals surface area contributed by atoms with E-state index in [0.717, 1.165) is 12.0 Å². The Labute approximate surface area is 158 Å². The Morgan fingerprint density at radius 2 is 1.81 bits per heavy atom. The van der Waals surface area contributed by atoms with Crippen molar-refractivity contribution in [2.75, 3.05) is 5.32 Å². The number of urea groups is 1. The van der Waals surface area contributed by atoms with Gasteiger partial charge in [-0.1, -0.05) is 18.5 Å². The zero-order valence-electron chi connectivity index (χ0n) is 15.0. The molecule has 0 aliphatic rings. The first-order valence-electron chi connectivity index (χ1n) is 8.48. The molecule has 138 valence electrons. The second-order valence-corrected chi connectivity index (χ2v) is 6.57. The number of rotatable bonds is 6. The highest BCUT2D eigenvalue weighted by Crippen LogP contribution is 2.24. The Balaban J connectivity index is 2.09. The van der Waals surface area contributed by atoms with Crippen molar-refractivity contribution >= 4 is 29.2 Å². The number of anilines is 1. The van der Waals surface area contributed by atoms with Crippen molar-refractivity contribution < 1.29 is 9.59 Å². The van der Waals surface area contributed by atoms with Gasteiger partial charge >= 0.3 is 6.03 Å². The molecule has 1 atom stereocenters. The van der Waals surface area contributed by atoms with Gasteiger partial charge in [-0.15, -0.1) is 0 Å². The molecule has 1 unspecified atom stereocenters. The van der Waals surface area contributed by atoms with E-state index < -0.39 is 6.03 Å². The van der Waals surface area contributed by atoms with Gasteiger partial charge < -0.3 is 16.0 Å². The summed E-state index contributed by atoms with van der Waals surface area (Å²) in [6.07, 6.45) is 4.10. The Morgan fingerprint density at radius 3 is 2.42 bits per heavy atom. The zero-order chi connectivity index (χ0) is 19.1. The third kappa shape index (κ3) is 5.46. The van der Waals surface area contributed by atoms with Gasteiger partial charge in [0.1, 0.15) is 0 Å². The summed E-state index contributed by atoms with van der Waals surface area (Å²) in [6, 6.07) is 7.97. The number of nitrogens with zero attached hydrogens (tertiary/aromatic N) is 1. The molecule has 0 fully saturated rings. The number of halogens is 1. The maximum absolute atomic E-state index is 12.4. The van der Waals surface area contributed by atoms with Crippen molar-refractivity contribution in [1.29, 1.82) is 0 Å². The largest absolute Gasteiger partial charge is 0.350 e. The molecule has 26 heavy (non-hydrogen) atoms. The van der Waals surface area contributed by atoms with Crippen LogP contribution in [0.5, 0.6) is 0 Å². The van der Waals surface area contributed by atoms with Gasteiger partial charge in [-0.3, -0.25) is 9.78 Å². The van der Waals surface area contributed by atoms with Gasteiger partial charge in [-0.25, -0.2) is 4.79 Å². The normalized spacial score (nSPS) is 11.7. The predicted octanol–water partition coefficient (Wildman–Crippen LogP) is 4.15. The van der Waals surface area contributed by atoms with E-state index in [2.05, 4.69) is 20.9 Å². The highest BCUT2D eigenvalue weighted by Gasteiger charge is 2.15. The molecule has 3 amide bonds. The lowest BCUT2D eigenvalue weighted by Crippen LogP contribution is -2.33. The summed E-state index contributed by atoms with van der Waals surface area (Å²) in [4.78, 5) is 28.5. The van der Waals surface area contributed by atoms with Crippen LogP contribution in [0.4, 0.5) is 10.5 Å². The second kappa shape index (κ2) is 9.20. The standard InChI is InChI=1S/C19H23ClN4O2/c1-4-16(13-7-9-21-10-8-13)23-19(26)24-17-11-14(5-6-15(17)20)18(25)22-12(2)3/h5-12,16H,4H2,1-3H3,(H,22,25)(H2,23,24,26).